The van der Waals surface area contributed by atoms with Gasteiger partial charge in [0.15, 0.2) is 0 Å². The Morgan fingerprint density at radius 1 is 1.15 bits per heavy atom. The summed E-state index contributed by atoms with van der Waals surface area (Å²) in [5.41, 5.74) is 0. The summed E-state index contributed by atoms with van der Waals surface area (Å²) < 4.78 is 0. The number of nitrogens with zero attached hydrogens (tertiary/aromatic N) is 1. The first-order valence-electron chi connectivity index (χ1n) is 4.31. The Morgan fingerprint density at radius 3 is 1.62 bits per heavy atom. The fraction of sp³-hybridized carbons (Fsp3) is 1.00. The zero-order valence-corrected chi connectivity index (χ0v) is 9.11. The number of aliphatic hydroxyl groups excluding tert-OH is 1. The van der Waals surface area contributed by atoms with E-state index in [1.165, 1.54) is 0 Å². The summed E-state index contributed by atoms with van der Waals surface area (Å²) in [6.07, 6.45) is -0.315. The predicted octanol–water partition coefficient (Wildman–Crippen LogP) is 0.792. The van der Waals surface area contributed by atoms with Crippen molar-refractivity contribution in [3.63, 3.8) is 0 Å². The maximum atomic E-state index is 8.56. The SMILES string of the molecule is CC(O)N(C)C.CCOOOCC. The van der Waals surface area contributed by atoms with Crippen LogP contribution in [-0.2, 0) is 14.8 Å². The first-order chi connectivity index (χ1) is 6.06. The quantitative estimate of drug-likeness (QED) is 0.304. The third kappa shape index (κ3) is 18.6. The van der Waals surface area contributed by atoms with Gasteiger partial charge in [-0.1, -0.05) is 5.04 Å². The average Bonchev–Trinajstić information content (AvgIpc) is 2.06. The molecule has 0 spiro atoms. The van der Waals surface area contributed by atoms with Crippen LogP contribution in [0.1, 0.15) is 20.8 Å². The molecule has 82 valence electrons. The lowest BCUT2D eigenvalue weighted by Gasteiger charge is -2.11. The van der Waals surface area contributed by atoms with Crippen LogP contribution in [0, 0.1) is 0 Å². The van der Waals surface area contributed by atoms with Crippen molar-refractivity contribution in [1.29, 1.82) is 0 Å². The number of rotatable bonds is 5. The monoisotopic (exact) mass is 195 g/mol. The van der Waals surface area contributed by atoms with E-state index in [-0.39, 0.29) is 6.23 Å². The fourth-order valence-electron chi connectivity index (χ4n) is 0.130. The van der Waals surface area contributed by atoms with E-state index in [1.807, 2.05) is 27.9 Å². The highest BCUT2D eigenvalue weighted by atomic mass is 17.5. The van der Waals surface area contributed by atoms with Crippen LogP contribution in [-0.4, -0.2) is 43.5 Å². The lowest BCUT2D eigenvalue weighted by Crippen LogP contribution is -2.23. The molecule has 0 saturated heterocycles. The average molecular weight is 195 g/mol. The number of hydrogen-bond donors (Lipinski definition) is 1. The largest absolute Gasteiger partial charge is 0.379 e. The van der Waals surface area contributed by atoms with E-state index >= 15 is 0 Å². The molecular formula is C8H21NO4. The summed E-state index contributed by atoms with van der Waals surface area (Å²) >= 11 is 0. The van der Waals surface area contributed by atoms with Crippen molar-refractivity contribution in [2.24, 2.45) is 0 Å². The van der Waals surface area contributed by atoms with E-state index in [2.05, 4.69) is 14.8 Å². The van der Waals surface area contributed by atoms with Gasteiger partial charge in [0.25, 0.3) is 0 Å². The van der Waals surface area contributed by atoms with Gasteiger partial charge in [-0.2, -0.15) is 0 Å². The van der Waals surface area contributed by atoms with Crippen LogP contribution in [0.5, 0.6) is 0 Å². The Hall–Kier alpha value is -0.200. The third-order valence-electron chi connectivity index (χ3n) is 1.08. The van der Waals surface area contributed by atoms with E-state index in [9.17, 15) is 0 Å². The molecule has 0 bridgehead atoms. The van der Waals surface area contributed by atoms with Crippen LogP contribution in [0.3, 0.4) is 0 Å². The van der Waals surface area contributed by atoms with E-state index in [0.717, 1.165) is 0 Å². The molecule has 0 amide bonds. The summed E-state index contributed by atoms with van der Waals surface area (Å²) in [6, 6.07) is 0. The Kier molecular flexibility index (Phi) is 13.9. The molecule has 0 aromatic carbocycles. The van der Waals surface area contributed by atoms with Gasteiger partial charge in [-0.05, 0) is 34.9 Å². The molecule has 0 saturated carbocycles. The maximum Gasteiger partial charge on any atom is 0.104 e. The molecule has 0 fully saturated rings. The Balaban J connectivity index is 0. The third-order valence-corrected chi connectivity index (χ3v) is 1.08. The molecule has 0 aromatic heterocycles. The number of aliphatic hydroxyl groups is 1. The van der Waals surface area contributed by atoms with Gasteiger partial charge in [0.1, 0.15) is 6.23 Å². The molecular weight excluding hydrogens is 174 g/mol. The molecule has 0 aliphatic heterocycles. The predicted molar refractivity (Wildman–Crippen MR) is 49.7 cm³/mol. The summed E-state index contributed by atoms with van der Waals surface area (Å²) in [6.45, 7) is 6.39. The van der Waals surface area contributed by atoms with Gasteiger partial charge < -0.3 is 5.11 Å². The maximum absolute atomic E-state index is 8.56. The Morgan fingerprint density at radius 2 is 1.46 bits per heavy atom. The van der Waals surface area contributed by atoms with Crippen molar-refractivity contribution in [3.8, 4) is 0 Å². The Bertz CT molecular complexity index is 78.2. The van der Waals surface area contributed by atoms with Crippen LogP contribution >= 0.6 is 0 Å². The van der Waals surface area contributed by atoms with Crippen LogP contribution in [0.4, 0.5) is 0 Å². The van der Waals surface area contributed by atoms with Crippen molar-refractivity contribution >= 4 is 0 Å². The molecule has 0 rings (SSSR count). The van der Waals surface area contributed by atoms with Crippen LogP contribution in [0.15, 0.2) is 0 Å². The van der Waals surface area contributed by atoms with Crippen molar-refractivity contribution in [2.75, 3.05) is 27.3 Å². The summed E-state index contributed by atoms with van der Waals surface area (Å²) in [4.78, 5) is 10.4. The van der Waals surface area contributed by atoms with Gasteiger partial charge in [-0.15, -0.1) is 0 Å². The molecule has 0 radical (unpaired) electrons. The zero-order chi connectivity index (χ0) is 10.7. The summed E-state index contributed by atoms with van der Waals surface area (Å²) in [5.74, 6) is 0. The summed E-state index contributed by atoms with van der Waals surface area (Å²) in [5, 5.41) is 12.7. The highest BCUT2D eigenvalue weighted by molar-refractivity contribution is 4.35. The van der Waals surface area contributed by atoms with Gasteiger partial charge in [-0.25, -0.2) is 9.78 Å². The van der Waals surface area contributed by atoms with Crippen molar-refractivity contribution in [3.05, 3.63) is 0 Å². The Labute approximate surface area is 80.1 Å². The lowest BCUT2D eigenvalue weighted by molar-refractivity contribution is -0.509. The minimum absolute atomic E-state index is 0.315. The normalized spacial score (nSPS) is 12.2. The standard InChI is InChI=1S/C4H11NO.C4H10O3/c1-4(6)5(2)3;1-3-5-7-6-4-2/h4,6H,1-3H3;3-4H2,1-2H3. The molecule has 0 heterocycles. The molecule has 1 unspecified atom stereocenters. The van der Waals surface area contributed by atoms with Gasteiger partial charge in [0, 0.05) is 0 Å². The fourth-order valence-corrected chi connectivity index (χ4v) is 0.130. The van der Waals surface area contributed by atoms with Gasteiger partial charge in [0.2, 0.25) is 0 Å². The van der Waals surface area contributed by atoms with E-state index in [4.69, 9.17) is 5.11 Å². The minimum atomic E-state index is -0.315. The molecule has 0 aliphatic rings. The van der Waals surface area contributed by atoms with Gasteiger partial charge in [0.05, 0.1) is 13.2 Å². The topological polar surface area (TPSA) is 51.2 Å². The van der Waals surface area contributed by atoms with Crippen molar-refractivity contribution in [1.82, 2.24) is 4.90 Å². The first kappa shape index (κ1) is 15.3. The molecule has 1 atom stereocenters. The lowest BCUT2D eigenvalue weighted by atomic mass is 10.6. The van der Waals surface area contributed by atoms with Crippen LogP contribution in [0.2, 0.25) is 0 Å². The van der Waals surface area contributed by atoms with Gasteiger partial charge >= 0.3 is 0 Å². The molecule has 13 heavy (non-hydrogen) atoms. The molecule has 5 heteroatoms. The first-order valence-corrected chi connectivity index (χ1v) is 4.31. The molecule has 0 aliphatic carbocycles. The minimum Gasteiger partial charge on any atom is -0.379 e. The number of hydrogen-bond acceptors (Lipinski definition) is 5. The van der Waals surface area contributed by atoms with Gasteiger partial charge in [-0.3, -0.25) is 4.90 Å². The smallest absolute Gasteiger partial charge is 0.104 e. The zero-order valence-electron chi connectivity index (χ0n) is 9.11. The molecule has 5 nitrogen and oxygen atoms in total. The molecule has 0 aromatic rings. The highest BCUT2D eigenvalue weighted by Gasteiger charge is 1.92. The molecule has 1 N–H and O–H groups in total. The second-order valence-electron chi connectivity index (χ2n) is 2.48. The van der Waals surface area contributed by atoms with E-state index < -0.39 is 0 Å². The van der Waals surface area contributed by atoms with Crippen molar-refractivity contribution in [2.45, 2.75) is 27.0 Å². The van der Waals surface area contributed by atoms with E-state index in [0.29, 0.717) is 13.2 Å². The van der Waals surface area contributed by atoms with Crippen LogP contribution < -0.4 is 0 Å². The second-order valence-corrected chi connectivity index (χ2v) is 2.48. The van der Waals surface area contributed by atoms with Crippen LogP contribution in [0.25, 0.3) is 0 Å². The summed E-state index contributed by atoms with van der Waals surface area (Å²) in [7, 11) is 3.65. The second kappa shape index (κ2) is 11.8. The van der Waals surface area contributed by atoms with E-state index in [1.54, 1.807) is 11.8 Å². The van der Waals surface area contributed by atoms with Crippen molar-refractivity contribution < 1.29 is 19.9 Å². The highest BCUT2D eigenvalue weighted by Crippen LogP contribution is 1.79.